The molecule has 2 fully saturated rings. The first-order valence-corrected chi connectivity index (χ1v) is 10.2. The minimum absolute atomic E-state index is 0.467. The van der Waals surface area contributed by atoms with Crippen molar-refractivity contribution in [3.05, 3.63) is 17.1 Å². The summed E-state index contributed by atoms with van der Waals surface area (Å²) in [4.78, 5) is 4.64. The third-order valence-electron chi connectivity index (χ3n) is 5.30. The van der Waals surface area contributed by atoms with E-state index in [1.807, 2.05) is 18.4 Å². The number of rotatable bonds is 6. The van der Waals surface area contributed by atoms with Crippen molar-refractivity contribution in [2.75, 3.05) is 10.6 Å². The van der Waals surface area contributed by atoms with E-state index in [1.54, 1.807) is 11.3 Å². The Morgan fingerprint density at radius 1 is 1.27 bits per heavy atom. The van der Waals surface area contributed by atoms with Gasteiger partial charge in [-0.2, -0.15) is 10.4 Å². The molecule has 2 bridgehead atoms. The highest BCUT2D eigenvalue weighted by molar-refractivity contribution is 7.14. The highest BCUT2D eigenvalue weighted by atomic mass is 32.1. The number of anilines is 3. The largest absolute Gasteiger partial charge is 0.359 e. The number of aromatic amines is 1. The zero-order chi connectivity index (χ0) is 17.9. The van der Waals surface area contributed by atoms with Crippen molar-refractivity contribution in [3.8, 4) is 6.07 Å². The molecular formula is C18H25N7S. The fraction of sp³-hybridized carbons (Fsp3) is 0.611. The van der Waals surface area contributed by atoms with Crippen molar-refractivity contribution < 1.29 is 0 Å². The Morgan fingerprint density at radius 3 is 2.77 bits per heavy atom. The van der Waals surface area contributed by atoms with Crippen LogP contribution in [0.25, 0.3) is 0 Å². The van der Waals surface area contributed by atoms with Crippen molar-refractivity contribution in [1.82, 2.24) is 20.5 Å². The fourth-order valence-corrected chi connectivity index (χ4v) is 5.01. The van der Waals surface area contributed by atoms with Gasteiger partial charge in [0.1, 0.15) is 5.82 Å². The van der Waals surface area contributed by atoms with Gasteiger partial charge in [0.05, 0.1) is 6.07 Å². The maximum Gasteiger partial charge on any atom is 0.184 e. The summed E-state index contributed by atoms with van der Waals surface area (Å²) in [7, 11) is 0. The van der Waals surface area contributed by atoms with E-state index in [9.17, 15) is 0 Å². The number of aromatic nitrogens is 3. The second kappa shape index (κ2) is 7.64. The van der Waals surface area contributed by atoms with Crippen molar-refractivity contribution in [1.29, 1.82) is 5.26 Å². The molecule has 2 aliphatic rings. The smallest absolute Gasteiger partial charge is 0.184 e. The topological polar surface area (TPSA) is 101 Å². The number of hydrogen-bond donors (Lipinski definition) is 4. The summed E-state index contributed by atoms with van der Waals surface area (Å²) in [6.45, 7) is 1.98. The van der Waals surface area contributed by atoms with E-state index in [2.05, 4.69) is 37.2 Å². The van der Waals surface area contributed by atoms with Crippen LogP contribution in [0.2, 0.25) is 0 Å². The van der Waals surface area contributed by atoms with Gasteiger partial charge in [-0.1, -0.05) is 0 Å². The molecule has 4 heterocycles. The second-order valence-electron chi connectivity index (χ2n) is 7.51. The molecule has 4 atom stereocenters. The number of thiazole rings is 1. The lowest BCUT2D eigenvalue weighted by molar-refractivity contribution is 0.171. The average Bonchev–Trinajstić information content (AvgIpc) is 3.21. The molecule has 2 unspecified atom stereocenters. The first kappa shape index (κ1) is 17.3. The molecule has 0 aliphatic carbocycles. The molecule has 4 rings (SSSR count). The fourth-order valence-electron chi connectivity index (χ4n) is 4.29. The third-order valence-corrected chi connectivity index (χ3v) is 6.08. The number of H-pyrrole nitrogens is 1. The molecule has 0 radical (unpaired) electrons. The second-order valence-corrected chi connectivity index (χ2v) is 8.36. The molecule has 2 saturated heterocycles. The van der Waals surface area contributed by atoms with Gasteiger partial charge in [0.2, 0.25) is 0 Å². The van der Waals surface area contributed by atoms with Gasteiger partial charge in [-0.05, 0) is 44.9 Å². The van der Waals surface area contributed by atoms with Crippen molar-refractivity contribution in [2.45, 2.75) is 63.6 Å². The van der Waals surface area contributed by atoms with Crippen LogP contribution in [-0.4, -0.2) is 33.3 Å². The van der Waals surface area contributed by atoms with Gasteiger partial charge in [0.15, 0.2) is 10.9 Å². The maximum absolute atomic E-state index is 8.81. The number of nitrogens with one attached hydrogen (secondary N) is 4. The number of piperidine rings is 2. The van der Waals surface area contributed by atoms with Crippen LogP contribution in [0, 0.1) is 24.2 Å². The molecule has 138 valence electrons. The summed E-state index contributed by atoms with van der Waals surface area (Å²) >= 11 is 1.63. The number of aryl methyl sites for hydroxylation is 1. The van der Waals surface area contributed by atoms with Crippen molar-refractivity contribution in [2.24, 2.45) is 5.92 Å². The zero-order valence-corrected chi connectivity index (χ0v) is 15.8. The number of hydrogen-bond acceptors (Lipinski definition) is 7. The summed E-state index contributed by atoms with van der Waals surface area (Å²) in [5.41, 5.74) is 1.02. The lowest BCUT2D eigenvalue weighted by Crippen LogP contribution is -2.54. The van der Waals surface area contributed by atoms with E-state index in [0.29, 0.717) is 30.5 Å². The summed E-state index contributed by atoms with van der Waals surface area (Å²) < 4.78 is 0. The molecular weight excluding hydrogens is 346 g/mol. The Bertz CT molecular complexity index is 763. The van der Waals surface area contributed by atoms with E-state index in [1.165, 1.54) is 12.8 Å². The normalized spacial score (nSPS) is 27.7. The summed E-state index contributed by atoms with van der Waals surface area (Å²) in [6.07, 6.45) is 6.38. The Labute approximate surface area is 157 Å². The van der Waals surface area contributed by atoms with Crippen LogP contribution in [0.4, 0.5) is 16.8 Å². The molecule has 7 nitrogen and oxygen atoms in total. The van der Waals surface area contributed by atoms with Crippen LogP contribution in [0.1, 0.15) is 44.2 Å². The van der Waals surface area contributed by atoms with Crippen LogP contribution < -0.4 is 16.0 Å². The van der Waals surface area contributed by atoms with E-state index in [0.717, 1.165) is 41.7 Å². The minimum atomic E-state index is 0.467. The number of fused-ring (bicyclic) bond motifs is 2. The first-order chi connectivity index (χ1) is 12.7. The predicted octanol–water partition coefficient (Wildman–Crippen LogP) is 3.53. The molecule has 2 aromatic heterocycles. The molecule has 8 heteroatoms. The zero-order valence-electron chi connectivity index (χ0n) is 15.0. The van der Waals surface area contributed by atoms with Crippen LogP contribution in [-0.2, 0) is 0 Å². The van der Waals surface area contributed by atoms with Crippen LogP contribution in [0.3, 0.4) is 0 Å². The van der Waals surface area contributed by atoms with Crippen LogP contribution in [0.15, 0.2) is 11.4 Å². The Hall–Kier alpha value is -2.11. The Balaban J connectivity index is 1.31. The van der Waals surface area contributed by atoms with Gasteiger partial charge in [-0.15, -0.1) is 11.3 Å². The standard InChI is InChI=1S/C18H25N7S/c1-11-5-16(25-24-11)22-17-10-26-18(23-17)21-15-8-13-6-12(3-2-4-19)7-14(9-15)20-13/h5,10,12-15,20H,2-3,6-9H2,1H3,(H,21,23)(H2,22,24,25)/t12?,13-,14+,15?. The van der Waals surface area contributed by atoms with Gasteiger partial charge in [0.25, 0.3) is 0 Å². The van der Waals surface area contributed by atoms with Gasteiger partial charge in [-0.25, -0.2) is 4.98 Å². The number of nitriles is 1. The summed E-state index contributed by atoms with van der Waals surface area (Å²) in [5, 5.41) is 29.5. The third kappa shape index (κ3) is 4.17. The van der Waals surface area contributed by atoms with Gasteiger partial charge in [-0.3, -0.25) is 5.10 Å². The van der Waals surface area contributed by atoms with Crippen LogP contribution >= 0.6 is 11.3 Å². The molecule has 4 N–H and O–H groups in total. The minimum Gasteiger partial charge on any atom is -0.359 e. The number of nitrogens with zero attached hydrogens (tertiary/aromatic N) is 3. The van der Waals surface area contributed by atoms with Crippen molar-refractivity contribution in [3.63, 3.8) is 0 Å². The highest BCUT2D eigenvalue weighted by Crippen LogP contribution is 2.34. The van der Waals surface area contributed by atoms with E-state index in [-0.39, 0.29) is 0 Å². The molecule has 0 aromatic carbocycles. The highest BCUT2D eigenvalue weighted by Gasteiger charge is 2.35. The SMILES string of the molecule is Cc1cc(Nc2csc(NC3C[C@H]4CC(CCC#N)C[C@@H](C3)N4)n2)n[nH]1. The Kier molecular flexibility index (Phi) is 5.09. The van der Waals surface area contributed by atoms with Gasteiger partial charge in [0, 0.05) is 41.7 Å². The maximum atomic E-state index is 8.81. The molecule has 0 saturated carbocycles. The molecule has 2 aromatic rings. The molecule has 0 spiro atoms. The lowest BCUT2D eigenvalue weighted by atomic mass is 9.77. The van der Waals surface area contributed by atoms with Crippen molar-refractivity contribution >= 4 is 28.1 Å². The van der Waals surface area contributed by atoms with Gasteiger partial charge < -0.3 is 16.0 Å². The van der Waals surface area contributed by atoms with E-state index in [4.69, 9.17) is 5.26 Å². The predicted molar refractivity (Wildman–Crippen MR) is 104 cm³/mol. The van der Waals surface area contributed by atoms with E-state index < -0.39 is 0 Å². The molecule has 0 amide bonds. The first-order valence-electron chi connectivity index (χ1n) is 9.32. The average molecular weight is 372 g/mol. The lowest BCUT2D eigenvalue weighted by Gasteiger charge is -2.43. The quantitative estimate of drug-likeness (QED) is 0.620. The Morgan fingerprint density at radius 2 is 2.08 bits per heavy atom. The molecule has 26 heavy (non-hydrogen) atoms. The summed E-state index contributed by atoms with van der Waals surface area (Å²) in [5.74, 6) is 2.33. The van der Waals surface area contributed by atoms with Crippen LogP contribution in [0.5, 0.6) is 0 Å². The monoisotopic (exact) mass is 371 g/mol. The molecule has 2 aliphatic heterocycles. The van der Waals surface area contributed by atoms with Gasteiger partial charge >= 0.3 is 0 Å². The summed E-state index contributed by atoms with van der Waals surface area (Å²) in [6, 6.07) is 5.85. The van der Waals surface area contributed by atoms with E-state index >= 15 is 0 Å².